The van der Waals surface area contributed by atoms with Crippen LogP contribution in [0.1, 0.15) is 19.3 Å². The van der Waals surface area contributed by atoms with Crippen LogP contribution in [0, 0.1) is 5.92 Å². The molecule has 1 fully saturated rings. The minimum Gasteiger partial charge on any atom is -0.493 e. The summed E-state index contributed by atoms with van der Waals surface area (Å²) in [5.41, 5.74) is 5.70. The van der Waals surface area contributed by atoms with Gasteiger partial charge in [0.1, 0.15) is 0 Å². The minimum absolute atomic E-state index is 0. The third kappa shape index (κ3) is 6.12. The number of carbonyl (C=O) groups excluding carboxylic acids is 1. The van der Waals surface area contributed by atoms with Crippen molar-refractivity contribution in [2.24, 2.45) is 11.7 Å². The van der Waals surface area contributed by atoms with Crippen molar-refractivity contribution in [2.45, 2.75) is 30.2 Å². The number of hydrogen-bond acceptors (Lipinski definition) is 5. The molecule has 1 aromatic rings. The Hall–Kier alpha value is -1.11. The molecule has 7 heteroatoms. The molecule has 0 saturated heterocycles. The normalized spacial score (nSPS) is 14.6. The van der Waals surface area contributed by atoms with E-state index in [2.05, 4.69) is 5.32 Å². The van der Waals surface area contributed by atoms with E-state index < -0.39 is 0 Å². The number of halogens is 1. The van der Waals surface area contributed by atoms with Crippen LogP contribution < -0.4 is 20.5 Å². The Morgan fingerprint density at radius 2 is 2.04 bits per heavy atom. The van der Waals surface area contributed by atoms with Gasteiger partial charge in [-0.25, -0.2) is 0 Å². The summed E-state index contributed by atoms with van der Waals surface area (Å²) < 4.78 is 10.5. The predicted octanol–water partition coefficient (Wildman–Crippen LogP) is 2.46. The maximum Gasteiger partial charge on any atom is 0.221 e. The Labute approximate surface area is 148 Å². The van der Waals surface area contributed by atoms with Crippen molar-refractivity contribution >= 4 is 30.1 Å². The van der Waals surface area contributed by atoms with Crippen LogP contribution >= 0.6 is 24.2 Å². The van der Waals surface area contributed by atoms with E-state index in [9.17, 15) is 4.79 Å². The van der Waals surface area contributed by atoms with Crippen molar-refractivity contribution in [3.63, 3.8) is 0 Å². The van der Waals surface area contributed by atoms with Crippen molar-refractivity contribution in [3.8, 4) is 11.5 Å². The Bertz CT molecular complexity index is 512. The molecule has 0 aliphatic heterocycles. The molecule has 3 N–H and O–H groups in total. The highest BCUT2D eigenvalue weighted by atomic mass is 35.5. The topological polar surface area (TPSA) is 73.6 Å². The highest BCUT2D eigenvalue weighted by molar-refractivity contribution is 7.99. The Balaban J connectivity index is 0.00000264. The van der Waals surface area contributed by atoms with Gasteiger partial charge >= 0.3 is 0 Å². The largest absolute Gasteiger partial charge is 0.493 e. The maximum atomic E-state index is 11.9. The average Bonchev–Trinajstić information content (AvgIpc) is 3.37. The molecule has 1 aromatic carbocycles. The van der Waals surface area contributed by atoms with E-state index >= 15 is 0 Å². The first-order chi connectivity index (χ1) is 10.7. The smallest absolute Gasteiger partial charge is 0.221 e. The summed E-state index contributed by atoms with van der Waals surface area (Å²) in [6.07, 6.45) is 2.85. The summed E-state index contributed by atoms with van der Waals surface area (Å²) >= 11 is 1.63. The fourth-order valence-corrected chi connectivity index (χ4v) is 3.19. The summed E-state index contributed by atoms with van der Waals surface area (Å²) in [5, 5.41) is 3.03. The number of hydrogen-bond donors (Lipinski definition) is 2. The quantitative estimate of drug-likeness (QED) is 0.662. The van der Waals surface area contributed by atoms with Gasteiger partial charge in [-0.3, -0.25) is 4.79 Å². The number of methoxy groups -OCH3 is 2. The van der Waals surface area contributed by atoms with Gasteiger partial charge in [0.05, 0.1) is 14.2 Å². The number of thioether (sulfide) groups is 1. The van der Waals surface area contributed by atoms with E-state index in [1.165, 1.54) is 12.8 Å². The molecule has 5 nitrogen and oxygen atoms in total. The number of nitrogens with two attached hydrogens (primary N) is 1. The summed E-state index contributed by atoms with van der Waals surface area (Å²) in [5.74, 6) is 2.81. The molecular formula is C16H25ClN2O3S. The zero-order valence-electron chi connectivity index (χ0n) is 13.5. The van der Waals surface area contributed by atoms with Crippen LogP contribution in [0.3, 0.4) is 0 Å². The van der Waals surface area contributed by atoms with E-state index in [1.807, 2.05) is 18.2 Å². The molecule has 1 atom stereocenters. The fraction of sp³-hybridized carbons (Fsp3) is 0.562. The Morgan fingerprint density at radius 1 is 1.35 bits per heavy atom. The lowest BCUT2D eigenvalue weighted by molar-refractivity contribution is -0.121. The molecule has 0 heterocycles. The first kappa shape index (κ1) is 19.9. The highest BCUT2D eigenvalue weighted by Crippen LogP contribution is 2.33. The maximum absolute atomic E-state index is 11.9. The number of amides is 1. The van der Waals surface area contributed by atoms with Gasteiger partial charge in [-0.1, -0.05) is 0 Å². The molecule has 0 radical (unpaired) electrons. The fourth-order valence-electron chi connectivity index (χ4n) is 2.31. The second-order valence-corrected chi connectivity index (χ2v) is 6.53. The first-order valence-corrected chi connectivity index (χ1v) is 8.50. The lowest BCUT2D eigenvalue weighted by Crippen LogP contribution is -2.41. The van der Waals surface area contributed by atoms with Crippen LogP contribution in [-0.4, -0.2) is 38.5 Å². The lowest BCUT2D eigenvalue weighted by atomic mass is 10.2. The van der Waals surface area contributed by atoms with Crippen molar-refractivity contribution in [2.75, 3.05) is 26.5 Å². The van der Waals surface area contributed by atoms with Crippen molar-refractivity contribution in [1.29, 1.82) is 0 Å². The molecule has 1 amide bonds. The van der Waals surface area contributed by atoms with Crippen LogP contribution in [0.2, 0.25) is 0 Å². The first-order valence-electron chi connectivity index (χ1n) is 7.52. The lowest BCUT2D eigenvalue weighted by Gasteiger charge is -2.15. The zero-order chi connectivity index (χ0) is 15.9. The van der Waals surface area contributed by atoms with Crippen LogP contribution in [-0.2, 0) is 4.79 Å². The van der Waals surface area contributed by atoms with Crippen molar-refractivity contribution < 1.29 is 14.3 Å². The number of nitrogens with one attached hydrogen (secondary N) is 1. The van der Waals surface area contributed by atoms with Crippen LogP contribution in [0.25, 0.3) is 0 Å². The highest BCUT2D eigenvalue weighted by Gasteiger charge is 2.30. The van der Waals surface area contributed by atoms with E-state index in [0.717, 1.165) is 10.6 Å². The molecule has 0 bridgehead atoms. The molecule has 1 aliphatic carbocycles. The van der Waals surface area contributed by atoms with Gasteiger partial charge in [0.15, 0.2) is 11.5 Å². The molecule has 0 spiro atoms. The van der Waals surface area contributed by atoms with Crippen molar-refractivity contribution in [3.05, 3.63) is 18.2 Å². The summed E-state index contributed by atoms with van der Waals surface area (Å²) in [7, 11) is 3.23. The van der Waals surface area contributed by atoms with Gasteiger partial charge in [0.25, 0.3) is 0 Å². The van der Waals surface area contributed by atoms with Crippen LogP contribution in [0.15, 0.2) is 23.1 Å². The molecule has 1 aliphatic rings. The number of benzene rings is 1. The summed E-state index contributed by atoms with van der Waals surface area (Å²) in [6, 6.07) is 5.92. The SMILES string of the molecule is COc1ccc(SCCC(=O)NC(CN)C2CC2)cc1OC.Cl. The Kier molecular flexibility index (Phi) is 8.58. The van der Waals surface area contributed by atoms with Gasteiger partial charge < -0.3 is 20.5 Å². The van der Waals surface area contributed by atoms with E-state index in [0.29, 0.717) is 30.4 Å². The summed E-state index contributed by atoms with van der Waals surface area (Å²) in [4.78, 5) is 13.0. The van der Waals surface area contributed by atoms with E-state index in [1.54, 1.807) is 26.0 Å². The number of ether oxygens (including phenoxy) is 2. The predicted molar refractivity (Wildman–Crippen MR) is 95.8 cm³/mol. The zero-order valence-corrected chi connectivity index (χ0v) is 15.2. The molecule has 0 aromatic heterocycles. The molecule has 1 unspecified atom stereocenters. The van der Waals surface area contributed by atoms with Gasteiger partial charge in [0, 0.05) is 29.7 Å². The minimum atomic E-state index is 0. The van der Waals surface area contributed by atoms with Crippen LogP contribution in [0.4, 0.5) is 0 Å². The van der Waals surface area contributed by atoms with Crippen LogP contribution in [0.5, 0.6) is 11.5 Å². The van der Waals surface area contributed by atoms with Gasteiger partial charge in [-0.15, -0.1) is 24.2 Å². The standard InChI is InChI=1S/C16H24N2O3S.ClH/c1-20-14-6-5-12(9-15(14)21-2)22-8-7-16(19)18-13(10-17)11-3-4-11;/h5-6,9,11,13H,3-4,7-8,10,17H2,1-2H3,(H,18,19);1H. The van der Waals surface area contributed by atoms with E-state index in [4.69, 9.17) is 15.2 Å². The molecule has 23 heavy (non-hydrogen) atoms. The number of rotatable bonds is 9. The molecular weight excluding hydrogens is 336 g/mol. The second-order valence-electron chi connectivity index (χ2n) is 5.36. The molecule has 2 rings (SSSR count). The van der Waals surface area contributed by atoms with Gasteiger partial charge in [0.2, 0.25) is 5.91 Å². The monoisotopic (exact) mass is 360 g/mol. The van der Waals surface area contributed by atoms with Crippen molar-refractivity contribution in [1.82, 2.24) is 5.32 Å². The van der Waals surface area contributed by atoms with Gasteiger partial charge in [-0.05, 0) is 37.0 Å². The summed E-state index contributed by atoms with van der Waals surface area (Å²) in [6.45, 7) is 0.527. The second kappa shape index (κ2) is 9.90. The molecule has 1 saturated carbocycles. The Morgan fingerprint density at radius 3 is 2.61 bits per heavy atom. The molecule has 130 valence electrons. The number of carbonyl (C=O) groups is 1. The van der Waals surface area contributed by atoms with Gasteiger partial charge in [-0.2, -0.15) is 0 Å². The van der Waals surface area contributed by atoms with E-state index in [-0.39, 0.29) is 24.4 Å². The average molecular weight is 361 g/mol. The third-order valence-corrected chi connectivity index (χ3v) is 4.74. The third-order valence-electron chi connectivity index (χ3n) is 3.74.